The van der Waals surface area contributed by atoms with Crippen molar-refractivity contribution in [2.75, 3.05) is 20.2 Å². The van der Waals surface area contributed by atoms with Gasteiger partial charge in [-0.25, -0.2) is 4.79 Å². The molecule has 9 nitrogen and oxygen atoms in total. The summed E-state index contributed by atoms with van der Waals surface area (Å²) < 4.78 is 5.37. The molecule has 2 aromatic rings. The first-order valence-electron chi connectivity index (χ1n) is 10.2. The summed E-state index contributed by atoms with van der Waals surface area (Å²) in [6.07, 6.45) is -1.47. The first-order chi connectivity index (χ1) is 15.4. The lowest BCUT2D eigenvalue weighted by Gasteiger charge is -2.18. The number of nitrogens with one attached hydrogen (secondary N) is 3. The van der Waals surface area contributed by atoms with Crippen LogP contribution >= 0.6 is 0 Å². The number of fused-ring (bicyclic) bond motifs is 3. The number of carboxylic acids is 1. The largest absolute Gasteiger partial charge is 0.481 e. The van der Waals surface area contributed by atoms with Crippen molar-refractivity contribution in [2.24, 2.45) is 0 Å². The number of carbonyl (C=O) groups excluding carboxylic acids is 3. The predicted molar refractivity (Wildman–Crippen MR) is 116 cm³/mol. The fourth-order valence-electron chi connectivity index (χ4n) is 3.71. The van der Waals surface area contributed by atoms with Gasteiger partial charge in [-0.15, -0.1) is 0 Å². The number of carbonyl (C=O) groups is 4. The fraction of sp³-hybridized carbons (Fsp3) is 0.304. The van der Waals surface area contributed by atoms with Crippen molar-refractivity contribution < 1.29 is 29.0 Å². The van der Waals surface area contributed by atoms with Crippen LogP contribution in [0, 0.1) is 0 Å². The maximum absolute atomic E-state index is 12.4. The van der Waals surface area contributed by atoms with E-state index in [9.17, 15) is 19.2 Å². The van der Waals surface area contributed by atoms with E-state index in [-0.39, 0.29) is 31.4 Å². The van der Waals surface area contributed by atoms with Crippen LogP contribution in [0.4, 0.5) is 4.79 Å². The van der Waals surface area contributed by atoms with Gasteiger partial charge in [0.05, 0.1) is 6.42 Å². The summed E-state index contributed by atoms with van der Waals surface area (Å²) in [5.41, 5.74) is 4.23. The number of alkyl carbamates (subject to hydrolysis) is 1. The monoisotopic (exact) mass is 439 g/mol. The summed E-state index contributed by atoms with van der Waals surface area (Å²) >= 11 is 0. The van der Waals surface area contributed by atoms with E-state index in [1.54, 1.807) is 0 Å². The summed E-state index contributed by atoms with van der Waals surface area (Å²) in [7, 11) is 1.47. The maximum atomic E-state index is 12.4. The summed E-state index contributed by atoms with van der Waals surface area (Å²) in [5, 5.41) is 16.3. The van der Waals surface area contributed by atoms with E-state index < -0.39 is 30.4 Å². The average molecular weight is 439 g/mol. The van der Waals surface area contributed by atoms with Gasteiger partial charge in [0.15, 0.2) is 0 Å². The Balaban J connectivity index is 1.61. The van der Waals surface area contributed by atoms with Crippen LogP contribution in [0.3, 0.4) is 0 Å². The molecule has 168 valence electrons. The Kier molecular flexibility index (Phi) is 7.43. The molecule has 0 aromatic heterocycles. The van der Waals surface area contributed by atoms with Crippen LogP contribution in [0.15, 0.2) is 48.5 Å². The van der Waals surface area contributed by atoms with Crippen LogP contribution in [0.25, 0.3) is 11.1 Å². The Hall–Kier alpha value is -3.88. The highest BCUT2D eigenvalue weighted by atomic mass is 16.5. The third-order valence-electron chi connectivity index (χ3n) is 5.26. The van der Waals surface area contributed by atoms with Gasteiger partial charge in [-0.2, -0.15) is 0 Å². The van der Waals surface area contributed by atoms with Gasteiger partial charge in [-0.05, 0) is 22.3 Å². The summed E-state index contributed by atoms with van der Waals surface area (Å²) in [4.78, 5) is 47.1. The lowest BCUT2D eigenvalue weighted by Crippen LogP contribution is -2.48. The molecule has 0 saturated carbocycles. The zero-order valence-electron chi connectivity index (χ0n) is 17.6. The molecule has 1 aliphatic carbocycles. The summed E-state index contributed by atoms with van der Waals surface area (Å²) in [6, 6.07) is 14.4. The van der Waals surface area contributed by atoms with Crippen LogP contribution in [-0.2, 0) is 19.1 Å². The van der Waals surface area contributed by atoms with Gasteiger partial charge in [0.25, 0.3) is 0 Å². The summed E-state index contributed by atoms with van der Waals surface area (Å²) in [5.74, 6) is -2.39. The first kappa shape index (κ1) is 22.8. The Labute approximate surface area is 185 Å². The molecule has 2 aromatic carbocycles. The van der Waals surface area contributed by atoms with Crippen LogP contribution in [0.1, 0.15) is 29.9 Å². The Morgan fingerprint density at radius 2 is 1.59 bits per heavy atom. The lowest BCUT2D eigenvalue weighted by atomic mass is 9.98. The Morgan fingerprint density at radius 3 is 2.16 bits per heavy atom. The highest BCUT2D eigenvalue weighted by molar-refractivity contribution is 5.89. The zero-order valence-corrected chi connectivity index (χ0v) is 17.6. The molecule has 0 heterocycles. The predicted octanol–water partition coefficient (Wildman–Crippen LogP) is 1.62. The molecule has 3 rings (SSSR count). The molecule has 0 radical (unpaired) electrons. The molecule has 0 aliphatic heterocycles. The third-order valence-corrected chi connectivity index (χ3v) is 5.26. The number of hydrogen-bond acceptors (Lipinski definition) is 5. The van der Waals surface area contributed by atoms with Crippen molar-refractivity contribution in [3.8, 4) is 11.1 Å². The van der Waals surface area contributed by atoms with E-state index in [2.05, 4.69) is 16.0 Å². The lowest BCUT2D eigenvalue weighted by molar-refractivity contribution is -0.139. The number of carboxylic acid groups (broad SMARTS) is 1. The van der Waals surface area contributed by atoms with Gasteiger partial charge in [-0.1, -0.05) is 48.5 Å². The van der Waals surface area contributed by atoms with E-state index in [4.69, 9.17) is 9.84 Å². The minimum absolute atomic E-state index is 0.0149. The highest BCUT2D eigenvalue weighted by Gasteiger charge is 2.30. The molecule has 1 unspecified atom stereocenters. The Morgan fingerprint density at radius 1 is 1.00 bits per heavy atom. The minimum atomic E-state index is -1.33. The van der Waals surface area contributed by atoms with Gasteiger partial charge in [0.1, 0.15) is 12.6 Å². The van der Waals surface area contributed by atoms with Crippen molar-refractivity contribution in [3.63, 3.8) is 0 Å². The van der Waals surface area contributed by atoms with Crippen LogP contribution in [0.5, 0.6) is 0 Å². The van der Waals surface area contributed by atoms with Crippen LogP contribution in [0.2, 0.25) is 0 Å². The van der Waals surface area contributed by atoms with Gasteiger partial charge in [0.2, 0.25) is 11.8 Å². The quantitative estimate of drug-likeness (QED) is 0.469. The molecule has 0 saturated heterocycles. The van der Waals surface area contributed by atoms with Gasteiger partial charge in [0, 0.05) is 25.9 Å². The van der Waals surface area contributed by atoms with E-state index in [1.807, 2.05) is 48.5 Å². The molecule has 1 aliphatic rings. The first-order valence-corrected chi connectivity index (χ1v) is 10.2. The number of ether oxygens (including phenoxy) is 1. The fourth-order valence-corrected chi connectivity index (χ4v) is 3.71. The molecule has 1 atom stereocenters. The molecule has 9 heteroatoms. The van der Waals surface area contributed by atoms with E-state index >= 15 is 0 Å². The van der Waals surface area contributed by atoms with E-state index in [0.29, 0.717) is 0 Å². The molecule has 0 fully saturated rings. The number of benzene rings is 2. The number of rotatable bonds is 9. The minimum Gasteiger partial charge on any atom is -0.481 e. The molecule has 0 spiro atoms. The van der Waals surface area contributed by atoms with Gasteiger partial charge in [-0.3, -0.25) is 14.4 Å². The van der Waals surface area contributed by atoms with Crippen molar-refractivity contribution in [1.82, 2.24) is 16.0 Å². The highest BCUT2D eigenvalue weighted by Crippen LogP contribution is 2.44. The second kappa shape index (κ2) is 10.4. The third kappa shape index (κ3) is 5.42. The Bertz CT molecular complexity index is 977. The van der Waals surface area contributed by atoms with Crippen LogP contribution < -0.4 is 16.0 Å². The second-order valence-corrected chi connectivity index (χ2v) is 7.33. The second-order valence-electron chi connectivity index (χ2n) is 7.33. The van der Waals surface area contributed by atoms with Crippen LogP contribution in [-0.4, -0.2) is 55.2 Å². The molecular formula is C23H25N3O6. The topological polar surface area (TPSA) is 134 Å². The summed E-state index contributed by atoms with van der Waals surface area (Å²) in [6.45, 7) is 0.0545. The molecule has 32 heavy (non-hydrogen) atoms. The molecule has 0 bridgehead atoms. The van der Waals surface area contributed by atoms with Crippen molar-refractivity contribution in [1.29, 1.82) is 0 Å². The zero-order chi connectivity index (χ0) is 23.1. The van der Waals surface area contributed by atoms with Crippen molar-refractivity contribution in [3.05, 3.63) is 59.7 Å². The number of amides is 3. The van der Waals surface area contributed by atoms with Gasteiger partial charge >= 0.3 is 12.1 Å². The van der Waals surface area contributed by atoms with Gasteiger partial charge < -0.3 is 25.8 Å². The molecule has 4 N–H and O–H groups in total. The molecule has 3 amide bonds. The van der Waals surface area contributed by atoms with E-state index in [1.165, 1.54) is 7.05 Å². The normalized spacial score (nSPS) is 12.8. The van der Waals surface area contributed by atoms with Crippen molar-refractivity contribution in [2.45, 2.75) is 24.8 Å². The average Bonchev–Trinajstić information content (AvgIpc) is 3.10. The van der Waals surface area contributed by atoms with E-state index in [0.717, 1.165) is 22.3 Å². The smallest absolute Gasteiger partial charge is 0.407 e. The SMILES string of the molecule is CNC(=O)CCNC(=O)C(CC(=O)O)NC(=O)OCC1c2ccccc2-c2ccccc21. The number of aliphatic carboxylic acids is 1. The number of hydrogen-bond donors (Lipinski definition) is 4. The maximum Gasteiger partial charge on any atom is 0.407 e. The molecular weight excluding hydrogens is 414 g/mol. The standard InChI is InChI=1S/C23H25N3O6/c1-24-20(27)10-11-25-22(30)19(12-21(28)29)26-23(31)32-13-18-16-8-4-2-6-14(16)15-7-3-5-9-17(15)18/h2-9,18-19H,10-13H2,1H3,(H,24,27)(H,25,30)(H,26,31)(H,28,29). The van der Waals surface area contributed by atoms with Crippen molar-refractivity contribution >= 4 is 23.9 Å².